The molecule has 2 aromatic rings. The molecule has 0 saturated carbocycles. The normalized spacial score (nSPS) is 11.0. The summed E-state index contributed by atoms with van der Waals surface area (Å²) in [6.07, 6.45) is 0. The highest BCUT2D eigenvalue weighted by Gasteiger charge is 2.08. The minimum Gasteiger partial charge on any atom is -0.282 e. The van der Waals surface area contributed by atoms with Gasteiger partial charge in [-0.2, -0.15) is 8.42 Å². The number of fused-ring (bicyclic) bond motifs is 1. The maximum absolute atomic E-state index is 10.8. The van der Waals surface area contributed by atoms with Gasteiger partial charge in [0.15, 0.2) is 0 Å². The molecule has 4 heteroatoms. The van der Waals surface area contributed by atoms with Crippen LogP contribution in [0.25, 0.3) is 10.8 Å². The fourth-order valence-electron chi connectivity index (χ4n) is 1.33. The Morgan fingerprint density at radius 3 is 2.13 bits per heavy atom. The lowest BCUT2D eigenvalue weighted by atomic mass is 10.1. The number of hydrogen-bond donors (Lipinski definition) is 1. The molecule has 1 N–H and O–H groups in total. The summed E-state index contributed by atoms with van der Waals surface area (Å²) >= 11 is 0. The Morgan fingerprint density at radius 1 is 0.933 bits per heavy atom. The Balaban J connectivity index is 0.00000112. The van der Waals surface area contributed by atoms with Gasteiger partial charge in [0.2, 0.25) is 0 Å². The van der Waals surface area contributed by atoms with Crippen LogP contribution in [-0.4, -0.2) is 13.0 Å². The van der Waals surface area contributed by atoms with Gasteiger partial charge in [-0.15, -0.1) is 0 Å². The summed E-state index contributed by atoms with van der Waals surface area (Å²) in [5.74, 6) is 0. The van der Waals surface area contributed by atoms with Crippen LogP contribution >= 0.6 is 0 Å². The van der Waals surface area contributed by atoms with Crippen molar-refractivity contribution in [3.8, 4) is 0 Å². The summed E-state index contributed by atoms with van der Waals surface area (Å²) in [6, 6.07) is 11.9. The van der Waals surface area contributed by atoms with Gasteiger partial charge in [-0.3, -0.25) is 4.55 Å². The zero-order chi connectivity index (χ0) is 10.2. The molecule has 0 amide bonds. The molecule has 15 heavy (non-hydrogen) atoms. The average Bonchev–Trinajstić information content (AvgIpc) is 2.16. The maximum Gasteiger partial charge on any atom is 0.294 e. The Kier molecular flexibility index (Phi) is 3.12. The second-order valence-electron chi connectivity index (χ2n) is 2.98. The van der Waals surface area contributed by atoms with E-state index in [4.69, 9.17) is 4.55 Å². The van der Waals surface area contributed by atoms with E-state index in [0.717, 1.165) is 10.8 Å². The quantitative estimate of drug-likeness (QED) is 0.758. The molecule has 2 aromatic carbocycles. The first kappa shape index (κ1) is 11.7. The van der Waals surface area contributed by atoms with Crippen molar-refractivity contribution in [1.29, 1.82) is 0 Å². The van der Waals surface area contributed by atoms with E-state index < -0.39 is 10.1 Å². The van der Waals surface area contributed by atoms with E-state index >= 15 is 0 Å². The van der Waals surface area contributed by atoms with Gasteiger partial charge in [-0.25, -0.2) is 0 Å². The van der Waals surface area contributed by atoms with Crippen LogP contribution in [0.1, 0.15) is 7.43 Å². The first-order valence-corrected chi connectivity index (χ1v) is 5.48. The minimum atomic E-state index is -4.09. The van der Waals surface area contributed by atoms with Gasteiger partial charge >= 0.3 is 0 Å². The molecule has 0 aromatic heterocycles. The Hall–Kier alpha value is -1.39. The Labute approximate surface area is 89.1 Å². The van der Waals surface area contributed by atoms with Crippen LogP contribution in [0, 0.1) is 0 Å². The number of benzene rings is 2. The van der Waals surface area contributed by atoms with E-state index in [1.54, 1.807) is 12.1 Å². The second-order valence-corrected chi connectivity index (χ2v) is 4.41. The number of hydrogen-bond acceptors (Lipinski definition) is 2. The molecule has 2 rings (SSSR count). The summed E-state index contributed by atoms with van der Waals surface area (Å²) in [5, 5.41) is 1.74. The van der Waals surface area contributed by atoms with Crippen molar-refractivity contribution in [2.24, 2.45) is 0 Å². The van der Waals surface area contributed by atoms with Crippen molar-refractivity contribution in [3.05, 3.63) is 42.5 Å². The summed E-state index contributed by atoms with van der Waals surface area (Å²) < 4.78 is 30.5. The molecule has 0 atom stereocenters. The van der Waals surface area contributed by atoms with Crippen LogP contribution in [-0.2, 0) is 10.1 Å². The Bertz CT molecular complexity index is 573. The minimum absolute atomic E-state index is 0. The predicted octanol–water partition coefficient (Wildman–Crippen LogP) is 2.72. The van der Waals surface area contributed by atoms with Gasteiger partial charge in [0.1, 0.15) is 0 Å². The molecule has 0 bridgehead atoms. The molecule has 3 nitrogen and oxygen atoms in total. The highest BCUT2D eigenvalue weighted by atomic mass is 32.2. The van der Waals surface area contributed by atoms with Crippen molar-refractivity contribution in [2.45, 2.75) is 12.3 Å². The molecule has 0 aliphatic carbocycles. The summed E-state index contributed by atoms with van der Waals surface area (Å²) in [4.78, 5) is -0.0730. The van der Waals surface area contributed by atoms with Crippen LogP contribution in [0.4, 0.5) is 0 Å². The van der Waals surface area contributed by atoms with Gasteiger partial charge in [-0.05, 0) is 22.9 Å². The lowest BCUT2D eigenvalue weighted by Gasteiger charge is -1.99. The molecule has 0 aliphatic heterocycles. The SMILES string of the molecule is C.O=S(=O)(O)c1ccc2ccccc2c1. The lowest BCUT2D eigenvalue weighted by Crippen LogP contribution is -1.97. The molecule has 80 valence electrons. The molecular formula is C11H12O3S. The van der Waals surface area contributed by atoms with E-state index in [1.165, 1.54) is 12.1 Å². The maximum atomic E-state index is 10.8. The number of rotatable bonds is 1. The van der Waals surface area contributed by atoms with Gasteiger partial charge in [0.05, 0.1) is 4.90 Å². The van der Waals surface area contributed by atoms with E-state index in [9.17, 15) is 8.42 Å². The lowest BCUT2D eigenvalue weighted by molar-refractivity contribution is 0.483. The monoisotopic (exact) mass is 224 g/mol. The predicted molar refractivity (Wildman–Crippen MR) is 60.5 cm³/mol. The van der Waals surface area contributed by atoms with Crippen molar-refractivity contribution in [2.75, 3.05) is 0 Å². The highest BCUT2D eigenvalue weighted by molar-refractivity contribution is 7.85. The van der Waals surface area contributed by atoms with Crippen LogP contribution in [0.2, 0.25) is 0 Å². The van der Waals surface area contributed by atoms with Gasteiger partial charge in [0, 0.05) is 0 Å². The van der Waals surface area contributed by atoms with Crippen molar-refractivity contribution >= 4 is 20.9 Å². The second kappa shape index (κ2) is 4.00. The van der Waals surface area contributed by atoms with Crippen LogP contribution < -0.4 is 0 Å². The summed E-state index contributed by atoms with van der Waals surface area (Å²) in [6.45, 7) is 0. The van der Waals surface area contributed by atoms with Gasteiger partial charge < -0.3 is 0 Å². The molecular weight excluding hydrogens is 212 g/mol. The third-order valence-electron chi connectivity index (χ3n) is 2.02. The molecule has 0 unspecified atom stereocenters. The zero-order valence-corrected chi connectivity index (χ0v) is 8.03. The van der Waals surface area contributed by atoms with Crippen molar-refractivity contribution in [1.82, 2.24) is 0 Å². The van der Waals surface area contributed by atoms with E-state index in [1.807, 2.05) is 18.2 Å². The average molecular weight is 224 g/mol. The van der Waals surface area contributed by atoms with Gasteiger partial charge in [0.25, 0.3) is 10.1 Å². The fraction of sp³-hybridized carbons (Fsp3) is 0.0909. The van der Waals surface area contributed by atoms with Crippen LogP contribution in [0.3, 0.4) is 0 Å². The summed E-state index contributed by atoms with van der Waals surface area (Å²) in [5.41, 5.74) is 0. The first-order valence-electron chi connectivity index (χ1n) is 4.04. The molecule has 0 heterocycles. The highest BCUT2D eigenvalue weighted by Crippen LogP contribution is 2.18. The fourth-order valence-corrected chi connectivity index (χ4v) is 1.84. The van der Waals surface area contributed by atoms with E-state index in [-0.39, 0.29) is 12.3 Å². The third kappa shape index (κ3) is 2.34. The smallest absolute Gasteiger partial charge is 0.282 e. The van der Waals surface area contributed by atoms with Crippen molar-refractivity contribution in [3.63, 3.8) is 0 Å². The van der Waals surface area contributed by atoms with Crippen LogP contribution in [0.15, 0.2) is 47.4 Å². The standard InChI is InChI=1S/C10H8O3S.CH4/c11-14(12,13)10-6-5-8-3-1-2-4-9(8)7-10;/h1-7H,(H,11,12,13);1H4. The topological polar surface area (TPSA) is 54.4 Å². The van der Waals surface area contributed by atoms with Crippen molar-refractivity contribution < 1.29 is 13.0 Å². The van der Waals surface area contributed by atoms with E-state index in [0.29, 0.717) is 0 Å². The van der Waals surface area contributed by atoms with Crippen LogP contribution in [0.5, 0.6) is 0 Å². The molecule has 0 fully saturated rings. The van der Waals surface area contributed by atoms with E-state index in [2.05, 4.69) is 0 Å². The zero-order valence-electron chi connectivity index (χ0n) is 7.21. The molecule has 0 aliphatic rings. The third-order valence-corrected chi connectivity index (χ3v) is 2.87. The molecule has 0 saturated heterocycles. The Morgan fingerprint density at radius 2 is 1.53 bits per heavy atom. The molecule has 0 spiro atoms. The largest absolute Gasteiger partial charge is 0.294 e. The first-order chi connectivity index (χ1) is 6.57. The summed E-state index contributed by atoms with van der Waals surface area (Å²) in [7, 11) is -4.09. The van der Waals surface area contributed by atoms with Gasteiger partial charge in [-0.1, -0.05) is 37.8 Å². The molecule has 0 radical (unpaired) electrons.